The molecule has 0 aromatic heterocycles. The Morgan fingerprint density at radius 1 is 0.958 bits per heavy atom. The molecule has 0 unspecified atom stereocenters. The lowest BCUT2D eigenvalue weighted by molar-refractivity contribution is -0.112. The highest BCUT2D eigenvalue weighted by atomic mass is 16.1. The first-order valence-electron chi connectivity index (χ1n) is 8.17. The quantitative estimate of drug-likeness (QED) is 0.849. The van der Waals surface area contributed by atoms with Crippen molar-refractivity contribution in [3.8, 4) is 0 Å². The lowest BCUT2D eigenvalue weighted by atomic mass is 10.0. The fourth-order valence-corrected chi connectivity index (χ4v) is 3.05. The smallest absolute Gasteiger partial charge is 0.196 e. The van der Waals surface area contributed by atoms with Crippen molar-refractivity contribution in [3.05, 3.63) is 66.2 Å². The lowest BCUT2D eigenvalue weighted by Crippen LogP contribution is -2.49. The van der Waals surface area contributed by atoms with Crippen LogP contribution in [0.2, 0.25) is 0 Å². The number of carbonyl (C=O) groups is 1. The van der Waals surface area contributed by atoms with E-state index in [4.69, 9.17) is 0 Å². The summed E-state index contributed by atoms with van der Waals surface area (Å²) in [5.41, 5.74) is 1.84. The van der Waals surface area contributed by atoms with Crippen LogP contribution in [0.5, 0.6) is 0 Å². The van der Waals surface area contributed by atoms with Gasteiger partial charge in [0.05, 0.1) is 5.69 Å². The predicted molar refractivity (Wildman–Crippen MR) is 97.8 cm³/mol. The summed E-state index contributed by atoms with van der Waals surface area (Å²) >= 11 is 0. The summed E-state index contributed by atoms with van der Waals surface area (Å²) in [5.74, 6) is 0.476. The molecular weight excluding hydrogens is 298 g/mol. The number of rotatable bonds is 3. The highest BCUT2D eigenvalue weighted by molar-refractivity contribution is 6.38. The van der Waals surface area contributed by atoms with E-state index in [1.165, 1.54) is 0 Å². The number of nitrogens with zero attached hydrogens (tertiary/aromatic N) is 3. The van der Waals surface area contributed by atoms with Gasteiger partial charge in [0.1, 0.15) is 0 Å². The van der Waals surface area contributed by atoms with E-state index >= 15 is 0 Å². The number of Topliss-reactive ketones (excluding diaryl/α,β-unsaturated/α-hetero) is 1. The van der Waals surface area contributed by atoms with Crippen LogP contribution in [0.15, 0.2) is 65.8 Å². The van der Waals surface area contributed by atoms with Crippen molar-refractivity contribution >= 4 is 17.3 Å². The fourth-order valence-electron chi connectivity index (χ4n) is 3.05. The van der Waals surface area contributed by atoms with Crippen LogP contribution in [0, 0.1) is 0 Å². The molecule has 0 radical (unpaired) electrons. The van der Waals surface area contributed by atoms with Gasteiger partial charge in [-0.25, -0.2) is 5.01 Å². The second kappa shape index (κ2) is 6.11. The summed E-state index contributed by atoms with van der Waals surface area (Å²) < 4.78 is 0. The van der Waals surface area contributed by atoms with Gasteiger partial charge in [-0.2, -0.15) is 0 Å². The zero-order chi connectivity index (χ0) is 17.3. The molecule has 24 heavy (non-hydrogen) atoms. The monoisotopic (exact) mass is 321 g/mol. The Hall–Kier alpha value is -2.62. The van der Waals surface area contributed by atoms with Gasteiger partial charge in [0.2, 0.25) is 0 Å². The first-order chi connectivity index (χ1) is 11.4. The highest BCUT2D eigenvalue weighted by Gasteiger charge is 2.43. The molecular formula is C20H23N3O. The highest BCUT2D eigenvalue weighted by Crippen LogP contribution is 2.39. The van der Waals surface area contributed by atoms with E-state index in [1.54, 1.807) is 6.92 Å². The van der Waals surface area contributed by atoms with E-state index in [-0.39, 0.29) is 17.5 Å². The Morgan fingerprint density at radius 2 is 1.50 bits per heavy atom. The molecule has 124 valence electrons. The Bertz CT molecular complexity index is 747. The third-order valence-electron chi connectivity index (χ3n) is 4.06. The van der Waals surface area contributed by atoms with Gasteiger partial charge >= 0.3 is 0 Å². The zero-order valence-electron chi connectivity index (χ0n) is 14.6. The molecule has 4 heteroatoms. The van der Waals surface area contributed by atoms with Gasteiger partial charge in [-0.05, 0) is 38.5 Å². The molecule has 1 atom stereocenters. The predicted octanol–water partition coefficient (Wildman–Crippen LogP) is 4.21. The van der Waals surface area contributed by atoms with E-state index in [9.17, 15) is 4.79 Å². The molecule has 4 nitrogen and oxygen atoms in total. The van der Waals surface area contributed by atoms with E-state index in [0.717, 1.165) is 11.3 Å². The van der Waals surface area contributed by atoms with Crippen molar-refractivity contribution in [3.63, 3.8) is 0 Å². The van der Waals surface area contributed by atoms with Gasteiger partial charge in [0.25, 0.3) is 0 Å². The molecule has 0 N–H and O–H groups in total. The number of benzene rings is 2. The maximum atomic E-state index is 12.3. The normalized spacial score (nSPS) is 17.8. The molecule has 1 aliphatic rings. The minimum atomic E-state index is -0.242. The molecule has 0 saturated carbocycles. The second-order valence-corrected chi connectivity index (χ2v) is 6.99. The average Bonchev–Trinajstić information content (AvgIpc) is 2.97. The third-order valence-corrected chi connectivity index (χ3v) is 4.06. The lowest BCUT2D eigenvalue weighted by Gasteiger charge is -2.40. The van der Waals surface area contributed by atoms with Crippen molar-refractivity contribution in [2.75, 3.05) is 5.01 Å². The van der Waals surface area contributed by atoms with Crippen LogP contribution in [0.3, 0.4) is 0 Å². The van der Waals surface area contributed by atoms with Gasteiger partial charge in [-0.15, -0.1) is 5.10 Å². The van der Waals surface area contributed by atoms with E-state index in [2.05, 4.69) is 42.9 Å². The average molecular weight is 321 g/mol. The van der Waals surface area contributed by atoms with E-state index < -0.39 is 0 Å². The summed E-state index contributed by atoms with van der Waals surface area (Å²) in [7, 11) is 0. The van der Waals surface area contributed by atoms with Crippen LogP contribution in [0.25, 0.3) is 0 Å². The van der Waals surface area contributed by atoms with Crippen LogP contribution >= 0.6 is 0 Å². The molecule has 2 aromatic carbocycles. The standard InChI is InChI=1S/C20H23N3O/c1-15(24)18-21-23(17-13-9-6-10-14-17)19(22(18)20(2,3)4)16-11-7-5-8-12-16/h5-14,19H,1-4H3/t19-/m0/s1. The molecule has 3 rings (SSSR count). The van der Waals surface area contributed by atoms with Gasteiger partial charge in [0.15, 0.2) is 17.8 Å². The van der Waals surface area contributed by atoms with Crippen molar-refractivity contribution in [1.29, 1.82) is 0 Å². The Balaban J connectivity index is 2.17. The largest absolute Gasteiger partial charge is 0.321 e. The van der Waals surface area contributed by atoms with Crippen LogP contribution in [0.4, 0.5) is 5.69 Å². The number of amidine groups is 1. The van der Waals surface area contributed by atoms with Gasteiger partial charge in [-0.1, -0.05) is 48.5 Å². The summed E-state index contributed by atoms with van der Waals surface area (Å²) in [6.07, 6.45) is -0.146. The Kier molecular flexibility index (Phi) is 4.14. The van der Waals surface area contributed by atoms with Crippen molar-refractivity contribution < 1.29 is 4.79 Å². The first-order valence-corrected chi connectivity index (χ1v) is 8.17. The maximum Gasteiger partial charge on any atom is 0.196 e. The molecule has 2 aromatic rings. The SMILES string of the molecule is CC(=O)C1=NN(c2ccccc2)[C@@H](c2ccccc2)N1C(C)(C)C. The minimum Gasteiger partial charge on any atom is -0.321 e. The van der Waals surface area contributed by atoms with Crippen LogP contribution < -0.4 is 5.01 Å². The van der Waals surface area contributed by atoms with Crippen molar-refractivity contribution in [2.45, 2.75) is 39.4 Å². The van der Waals surface area contributed by atoms with Crippen molar-refractivity contribution in [1.82, 2.24) is 4.90 Å². The van der Waals surface area contributed by atoms with Crippen molar-refractivity contribution in [2.24, 2.45) is 5.10 Å². The van der Waals surface area contributed by atoms with Gasteiger partial charge in [0, 0.05) is 12.5 Å². The van der Waals surface area contributed by atoms with E-state index in [1.807, 2.05) is 53.5 Å². The van der Waals surface area contributed by atoms with Gasteiger partial charge < -0.3 is 4.90 Å². The van der Waals surface area contributed by atoms with Crippen LogP contribution in [-0.4, -0.2) is 22.1 Å². The number of hydrazone groups is 1. The van der Waals surface area contributed by atoms with Crippen LogP contribution in [0.1, 0.15) is 39.4 Å². The summed E-state index contributed by atoms with van der Waals surface area (Å²) in [5, 5.41) is 6.63. The number of hydrogen-bond donors (Lipinski definition) is 0. The molecule has 0 fully saturated rings. The molecule has 0 spiro atoms. The molecule has 0 saturated heterocycles. The minimum absolute atomic E-state index is 0.0238. The molecule has 0 bridgehead atoms. The number of para-hydroxylation sites is 1. The zero-order valence-corrected chi connectivity index (χ0v) is 14.6. The second-order valence-electron chi connectivity index (χ2n) is 6.99. The Morgan fingerprint density at radius 3 is 2.00 bits per heavy atom. The third kappa shape index (κ3) is 2.92. The first kappa shape index (κ1) is 16.2. The van der Waals surface area contributed by atoms with E-state index in [0.29, 0.717) is 5.84 Å². The topological polar surface area (TPSA) is 35.9 Å². The van der Waals surface area contributed by atoms with Crippen LogP contribution in [-0.2, 0) is 4.79 Å². The Labute approximate surface area is 143 Å². The molecule has 0 aliphatic carbocycles. The number of hydrogen-bond acceptors (Lipinski definition) is 4. The molecule has 1 heterocycles. The summed E-state index contributed by atoms with van der Waals surface area (Å²) in [6.45, 7) is 7.90. The number of ketones is 1. The molecule has 0 amide bonds. The fraction of sp³-hybridized carbons (Fsp3) is 0.300. The molecule has 1 aliphatic heterocycles. The summed E-state index contributed by atoms with van der Waals surface area (Å²) in [4.78, 5) is 14.4. The number of carbonyl (C=O) groups excluding carboxylic acids is 1. The maximum absolute atomic E-state index is 12.3. The summed E-state index contributed by atoms with van der Waals surface area (Å²) in [6, 6.07) is 20.2. The number of anilines is 1. The van der Waals surface area contributed by atoms with Gasteiger partial charge in [-0.3, -0.25) is 4.79 Å².